The van der Waals surface area contributed by atoms with Gasteiger partial charge in [-0.3, -0.25) is 14.7 Å². The Kier molecular flexibility index (Phi) is 9.59. The summed E-state index contributed by atoms with van der Waals surface area (Å²) in [5.74, 6) is -5.73. The minimum atomic E-state index is -4.13. The third-order valence-electron chi connectivity index (χ3n) is 8.66. The van der Waals surface area contributed by atoms with Gasteiger partial charge < -0.3 is 19.2 Å². The number of likely N-dealkylation sites (tertiary alicyclic amines) is 1. The zero-order chi connectivity index (χ0) is 34.9. The van der Waals surface area contributed by atoms with E-state index in [9.17, 15) is 31.1 Å². The van der Waals surface area contributed by atoms with Gasteiger partial charge in [0, 0.05) is 61.1 Å². The number of amides is 1. The van der Waals surface area contributed by atoms with Crippen LogP contribution in [0.4, 0.5) is 42.1 Å². The van der Waals surface area contributed by atoms with Gasteiger partial charge in [0.1, 0.15) is 5.82 Å². The van der Waals surface area contributed by atoms with Gasteiger partial charge in [0.25, 0.3) is 5.89 Å². The molecule has 1 amide bonds. The van der Waals surface area contributed by atoms with Crippen LogP contribution < -0.4 is 9.80 Å². The van der Waals surface area contributed by atoms with Crippen molar-refractivity contribution in [2.24, 2.45) is 0 Å². The van der Waals surface area contributed by atoms with Crippen molar-refractivity contribution in [2.75, 3.05) is 36.5 Å². The molecule has 0 atom stereocenters. The molecule has 1 aliphatic rings. The predicted octanol–water partition coefficient (Wildman–Crippen LogP) is 7.32. The second kappa shape index (κ2) is 13.9. The number of alkyl halides is 6. The number of carbonyl (C=O) groups excluding carboxylic acids is 1. The minimum Gasteiger partial charge on any atom is -0.415 e. The number of hydrogen-bond donors (Lipinski definition) is 1. The van der Waals surface area contributed by atoms with Crippen molar-refractivity contribution < 1.29 is 39.9 Å². The van der Waals surface area contributed by atoms with E-state index in [1.54, 1.807) is 31.4 Å². The van der Waals surface area contributed by atoms with Gasteiger partial charge in [-0.05, 0) is 48.7 Å². The number of fused-ring (bicyclic) bond motifs is 1. The molecule has 0 radical (unpaired) electrons. The molecule has 4 heterocycles. The maximum atomic E-state index is 16.1. The molecule has 0 bridgehead atoms. The van der Waals surface area contributed by atoms with Crippen LogP contribution in [0.5, 0.6) is 0 Å². The predicted molar refractivity (Wildman–Crippen MR) is 167 cm³/mol. The fourth-order valence-corrected chi connectivity index (χ4v) is 6.06. The lowest BCUT2D eigenvalue weighted by Crippen LogP contribution is -2.49. The first kappa shape index (κ1) is 33.9. The van der Waals surface area contributed by atoms with E-state index in [4.69, 9.17) is 4.42 Å². The monoisotopic (exact) mass is 689 g/mol. The van der Waals surface area contributed by atoms with Crippen molar-refractivity contribution in [1.82, 2.24) is 25.1 Å². The Hall–Kier alpha value is -4.99. The normalized spacial score (nSPS) is 14.7. The topological polar surface area (TPSA) is 94.4 Å². The van der Waals surface area contributed by atoms with Crippen LogP contribution in [0.2, 0.25) is 0 Å². The van der Waals surface area contributed by atoms with E-state index >= 15 is 4.39 Å². The Morgan fingerprint density at radius 1 is 1.04 bits per heavy atom. The number of piperidine rings is 1. The summed E-state index contributed by atoms with van der Waals surface area (Å²) in [6.45, 7) is -0.895. The van der Waals surface area contributed by atoms with Crippen LogP contribution in [0.3, 0.4) is 0 Å². The number of rotatable bonds is 12. The number of aromatic amines is 1. The SMILES string of the molecule is CN(c1cc(-c2cccc3[nH]ccc23)c(F)cc1N(C=O)Cc1ccc(-c2nnc(C(F)F)o2)cn1)C1CCN(CC(F)(F)C(F)F)CC1. The molecular formula is C33H30F7N7O2. The summed E-state index contributed by atoms with van der Waals surface area (Å²) >= 11 is 0. The molecule has 16 heteroatoms. The number of H-pyrrole nitrogens is 1. The summed E-state index contributed by atoms with van der Waals surface area (Å²) in [7, 11) is 1.75. The molecule has 9 nitrogen and oxygen atoms in total. The second-order valence-electron chi connectivity index (χ2n) is 11.8. The second-order valence-corrected chi connectivity index (χ2v) is 11.8. The van der Waals surface area contributed by atoms with Crippen LogP contribution in [0.25, 0.3) is 33.5 Å². The molecule has 1 aliphatic heterocycles. The first-order valence-corrected chi connectivity index (χ1v) is 15.2. The molecule has 0 saturated carbocycles. The number of anilines is 2. The Bertz CT molecular complexity index is 1910. The van der Waals surface area contributed by atoms with Crippen molar-refractivity contribution in [3.05, 3.63) is 78.3 Å². The van der Waals surface area contributed by atoms with Crippen LogP contribution in [0, 0.1) is 5.82 Å². The first-order valence-electron chi connectivity index (χ1n) is 15.2. The average molecular weight is 690 g/mol. The lowest BCUT2D eigenvalue weighted by atomic mass is 9.97. The molecule has 0 spiro atoms. The molecule has 3 aromatic heterocycles. The Labute approximate surface area is 275 Å². The van der Waals surface area contributed by atoms with Gasteiger partial charge in [0.2, 0.25) is 12.3 Å². The number of nitrogens with zero attached hydrogens (tertiary/aromatic N) is 6. The van der Waals surface area contributed by atoms with Gasteiger partial charge >= 0.3 is 18.8 Å². The van der Waals surface area contributed by atoms with Gasteiger partial charge in [-0.15, -0.1) is 10.2 Å². The summed E-state index contributed by atoms with van der Waals surface area (Å²) in [6.07, 6.45) is -2.43. The molecule has 258 valence electrons. The highest BCUT2D eigenvalue weighted by Crippen LogP contribution is 2.40. The smallest absolute Gasteiger partial charge is 0.319 e. The van der Waals surface area contributed by atoms with Gasteiger partial charge in [0.05, 0.1) is 35.7 Å². The van der Waals surface area contributed by atoms with Gasteiger partial charge in [-0.2, -0.15) is 17.6 Å². The summed E-state index contributed by atoms with van der Waals surface area (Å²) in [4.78, 5) is 24.4. The molecule has 1 N–H and O–H groups in total. The summed E-state index contributed by atoms with van der Waals surface area (Å²) in [5, 5.41) is 7.67. The molecule has 1 fully saturated rings. The molecule has 0 unspecified atom stereocenters. The summed E-state index contributed by atoms with van der Waals surface area (Å²) < 4.78 is 100.0. The maximum absolute atomic E-state index is 16.1. The van der Waals surface area contributed by atoms with Crippen molar-refractivity contribution in [2.45, 2.75) is 44.2 Å². The van der Waals surface area contributed by atoms with Crippen molar-refractivity contribution >= 4 is 28.7 Å². The molecule has 5 aromatic rings. The van der Waals surface area contributed by atoms with E-state index in [1.807, 2.05) is 17.0 Å². The van der Waals surface area contributed by atoms with Crippen molar-refractivity contribution in [3.63, 3.8) is 0 Å². The number of aromatic nitrogens is 4. The number of pyridine rings is 1. The van der Waals surface area contributed by atoms with Gasteiger partial charge in [-0.25, -0.2) is 13.2 Å². The van der Waals surface area contributed by atoms with E-state index in [-0.39, 0.29) is 48.4 Å². The van der Waals surface area contributed by atoms with Crippen LogP contribution in [0.15, 0.2) is 65.3 Å². The molecule has 1 saturated heterocycles. The zero-order valence-electron chi connectivity index (χ0n) is 26.0. The number of benzene rings is 2. The number of carbonyl (C=O) groups is 1. The van der Waals surface area contributed by atoms with Crippen LogP contribution in [-0.2, 0) is 11.3 Å². The summed E-state index contributed by atoms with van der Waals surface area (Å²) in [6, 6.07) is 12.9. The first-order chi connectivity index (χ1) is 23.4. The van der Waals surface area contributed by atoms with E-state index in [0.717, 1.165) is 10.9 Å². The molecule has 49 heavy (non-hydrogen) atoms. The Morgan fingerprint density at radius 2 is 1.82 bits per heavy atom. The Balaban J connectivity index is 1.31. The zero-order valence-corrected chi connectivity index (χ0v) is 26.0. The maximum Gasteiger partial charge on any atom is 0.319 e. The number of nitrogens with one attached hydrogen (secondary N) is 1. The highest BCUT2D eigenvalue weighted by molar-refractivity contribution is 5.97. The highest BCUT2D eigenvalue weighted by Gasteiger charge is 2.43. The minimum absolute atomic E-state index is 0.107. The number of halogens is 7. The quantitative estimate of drug-likeness (QED) is 0.108. The average Bonchev–Trinajstić information content (AvgIpc) is 3.78. The van der Waals surface area contributed by atoms with Crippen molar-refractivity contribution in [3.8, 4) is 22.6 Å². The van der Waals surface area contributed by atoms with E-state index in [2.05, 4.69) is 20.2 Å². The largest absolute Gasteiger partial charge is 0.415 e. The molecular weight excluding hydrogens is 659 g/mol. The van der Waals surface area contributed by atoms with Crippen LogP contribution in [0.1, 0.15) is 30.9 Å². The van der Waals surface area contributed by atoms with Crippen molar-refractivity contribution in [1.29, 1.82) is 0 Å². The molecule has 6 rings (SSSR count). The lowest BCUT2D eigenvalue weighted by molar-refractivity contribution is -0.143. The van der Waals surface area contributed by atoms with E-state index < -0.39 is 37.0 Å². The van der Waals surface area contributed by atoms with Gasteiger partial charge in [0.15, 0.2) is 0 Å². The standard InChI is InChI=1S/C33H30F7N7O2/c1-45(21-8-11-46(12-9-21)17-33(39,40)32(37)38)27-13-24(22-3-2-4-26-23(22)7-10-41-26)25(34)14-28(27)47(18-48)16-20-6-5-19(15-42-20)30-43-44-31(49-30)29(35)36/h2-7,10,13-15,18,21,29,32,41H,8-9,11-12,16-17H2,1H3. The van der Waals surface area contributed by atoms with E-state index in [1.165, 1.54) is 34.2 Å². The molecule has 0 aliphatic carbocycles. The lowest BCUT2D eigenvalue weighted by Gasteiger charge is -2.40. The third kappa shape index (κ3) is 7.09. The van der Waals surface area contributed by atoms with E-state index in [0.29, 0.717) is 36.2 Å². The highest BCUT2D eigenvalue weighted by atomic mass is 19.3. The fraction of sp³-hybridized carbons (Fsp3) is 0.333. The van der Waals surface area contributed by atoms with Gasteiger partial charge in [-0.1, -0.05) is 12.1 Å². The molecule has 2 aromatic carbocycles. The Morgan fingerprint density at radius 3 is 2.47 bits per heavy atom. The van der Waals surface area contributed by atoms with Crippen LogP contribution >= 0.6 is 0 Å². The summed E-state index contributed by atoms with van der Waals surface area (Å²) in [5.41, 5.74) is 2.97. The fourth-order valence-electron chi connectivity index (χ4n) is 6.06. The third-order valence-corrected chi connectivity index (χ3v) is 8.66. The number of hydrogen-bond acceptors (Lipinski definition) is 7. The van der Waals surface area contributed by atoms with Crippen LogP contribution in [-0.4, -0.2) is 76.5 Å².